The number of hydrogen-bond acceptors (Lipinski definition) is 4. The molecular formula is C11H13F3O4. The standard InChI is InChI=1S/C11H13F3O4/c12-11(13,14)18-9-3-1-2-8(6-9)17-10(7-16)4-5-15/h1-3,6,10,15-16H,4-5,7H2/t10-/m1/s1. The average molecular weight is 266 g/mol. The van der Waals surface area contributed by atoms with E-state index < -0.39 is 18.2 Å². The summed E-state index contributed by atoms with van der Waals surface area (Å²) in [6.45, 7) is -0.533. The number of hydrogen-bond donors (Lipinski definition) is 2. The highest BCUT2D eigenvalue weighted by atomic mass is 19.4. The van der Waals surface area contributed by atoms with E-state index in [9.17, 15) is 13.2 Å². The Kier molecular flexibility index (Phi) is 5.24. The van der Waals surface area contributed by atoms with Crippen LogP contribution in [-0.4, -0.2) is 35.9 Å². The molecule has 0 saturated heterocycles. The van der Waals surface area contributed by atoms with E-state index in [0.29, 0.717) is 0 Å². The van der Waals surface area contributed by atoms with E-state index in [2.05, 4.69) is 4.74 Å². The molecule has 18 heavy (non-hydrogen) atoms. The Bertz CT molecular complexity index is 368. The summed E-state index contributed by atoms with van der Waals surface area (Å²) in [5, 5.41) is 17.6. The molecule has 0 radical (unpaired) electrons. The second kappa shape index (κ2) is 6.46. The summed E-state index contributed by atoms with van der Waals surface area (Å²) < 4.78 is 44.9. The fourth-order valence-corrected chi connectivity index (χ4v) is 1.27. The van der Waals surface area contributed by atoms with Gasteiger partial charge in [0.1, 0.15) is 17.6 Å². The zero-order valence-electron chi connectivity index (χ0n) is 9.35. The quantitative estimate of drug-likeness (QED) is 0.823. The van der Waals surface area contributed by atoms with Gasteiger partial charge in [0.15, 0.2) is 0 Å². The van der Waals surface area contributed by atoms with Gasteiger partial charge in [-0.15, -0.1) is 13.2 Å². The van der Waals surface area contributed by atoms with E-state index in [1.54, 1.807) is 0 Å². The second-order valence-corrected chi connectivity index (χ2v) is 3.46. The number of aliphatic hydroxyl groups is 2. The topological polar surface area (TPSA) is 58.9 Å². The third kappa shape index (κ3) is 5.24. The molecule has 4 nitrogen and oxygen atoms in total. The van der Waals surface area contributed by atoms with Crippen LogP contribution in [0.2, 0.25) is 0 Å². The van der Waals surface area contributed by atoms with Crippen molar-refractivity contribution < 1.29 is 32.9 Å². The summed E-state index contributed by atoms with van der Waals surface area (Å²) in [4.78, 5) is 0. The Hall–Kier alpha value is -1.47. The van der Waals surface area contributed by atoms with Crippen LogP contribution in [0.4, 0.5) is 13.2 Å². The summed E-state index contributed by atoms with van der Waals surface area (Å²) in [6, 6.07) is 4.97. The minimum Gasteiger partial charge on any atom is -0.488 e. The molecule has 0 fully saturated rings. The molecule has 0 aromatic heterocycles. The van der Waals surface area contributed by atoms with Crippen LogP contribution >= 0.6 is 0 Å². The van der Waals surface area contributed by atoms with Crippen molar-refractivity contribution >= 4 is 0 Å². The molecule has 1 aromatic rings. The molecule has 0 aliphatic heterocycles. The molecule has 0 heterocycles. The normalized spacial score (nSPS) is 13.2. The minimum atomic E-state index is -4.76. The van der Waals surface area contributed by atoms with Crippen molar-refractivity contribution in [1.29, 1.82) is 0 Å². The lowest BCUT2D eigenvalue weighted by atomic mass is 10.2. The van der Waals surface area contributed by atoms with Crippen molar-refractivity contribution in [3.63, 3.8) is 0 Å². The number of halogens is 3. The fourth-order valence-electron chi connectivity index (χ4n) is 1.27. The third-order valence-electron chi connectivity index (χ3n) is 2.00. The summed E-state index contributed by atoms with van der Waals surface area (Å²) in [5.41, 5.74) is 0. The summed E-state index contributed by atoms with van der Waals surface area (Å²) >= 11 is 0. The van der Waals surface area contributed by atoms with E-state index in [1.807, 2.05) is 0 Å². The molecule has 0 saturated carbocycles. The first-order chi connectivity index (χ1) is 8.44. The van der Waals surface area contributed by atoms with Crippen molar-refractivity contribution in [2.75, 3.05) is 13.2 Å². The number of alkyl halides is 3. The lowest BCUT2D eigenvalue weighted by molar-refractivity contribution is -0.274. The highest BCUT2D eigenvalue weighted by Crippen LogP contribution is 2.26. The van der Waals surface area contributed by atoms with Crippen LogP contribution in [-0.2, 0) is 0 Å². The predicted octanol–water partition coefficient (Wildman–Crippen LogP) is 1.71. The van der Waals surface area contributed by atoms with Gasteiger partial charge in [-0.3, -0.25) is 0 Å². The van der Waals surface area contributed by atoms with Crippen LogP contribution in [0.25, 0.3) is 0 Å². The highest BCUT2D eigenvalue weighted by molar-refractivity contribution is 5.33. The number of rotatable bonds is 6. The summed E-state index contributed by atoms with van der Waals surface area (Å²) in [5.74, 6) is -0.273. The highest BCUT2D eigenvalue weighted by Gasteiger charge is 2.31. The van der Waals surface area contributed by atoms with Crippen LogP contribution in [0.5, 0.6) is 11.5 Å². The maximum Gasteiger partial charge on any atom is 0.573 e. The Morgan fingerprint density at radius 3 is 2.39 bits per heavy atom. The number of ether oxygens (including phenoxy) is 2. The molecule has 102 valence electrons. The van der Waals surface area contributed by atoms with E-state index >= 15 is 0 Å². The van der Waals surface area contributed by atoms with Crippen LogP contribution in [0, 0.1) is 0 Å². The Balaban J connectivity index is 2.69. The minimum absolute atomic E-state index is 0.129. The van der Waals surface area contributed by atoms with Crippen LogP contribution in [0.1, 0.15) is 6.42 Å². The van der Waals surface area contributed by atoms with Crippen molar-refractivity contribution in [3.05, 3.63) is 24.3 Å². The molecule has 0 unspecified atom stereocenters. The Labute approximate surface area is 102 Å². The van der Waals surface area contributed by atoms with Crippen molar-refractivity contribution in [2.24, 2.45) is 0 Å². The molecule has 0 aliphatic carbocycles. The van der Waals surface area contributed by atoms with Crippen LogP contribution in [0.3, 0.4) is 0 Å². The summed E-state index contributed by atoms with van der Waals surface area (Å²) in [7, 11) is 0. The third-order valence-corrected chi connectivity index (χ3v) is 2.00. The van der Waals surface area contributed by atoms with Gasteiger partial charge >= 0.3 is 6.36 Å². The van der Waals surface area contributed by atoms with Crippen molar-refractivity contribution in [1.82, 2.24) is 0 Å². The zero-order chi connectivity index (χ0) is 13.6. The van der Waals surface area contributed by atoms with Gasteiger partial charge in [0, 0.05) is 19.1 Å². The molecule has 0 bridgehead atoms. The molecular weight excluding hydrogens is 253 g/mol. The monoisotopic (exact) mass is 266 g/mol. The van der Waals surface area contributed by atoms with E-state index in [0.717, 1.165) is 12.1 Å². The van der Waals surface area contributed by atoms with Gasteiger partial charge in [-0.1, -0.05) is 6.07 Å². The molecule has 0 amide bonds. The molecule has 0 aliphatic rings. The SMILES string of the molecule is OCC[C@H](CO)Oc1cccc(OC(F)(F)F)c1. The Morgan fingerprint density at radius 1 is 1.17 bits per heavy atom. The lowest BCUT2D eigenvalue weighted by Crippen LogP contribution is -2.22. The van der Waals surface area contributed by atoms with Gasteiger partial charge in [0.25, 0.3) is 0 Å². The molecule has 7 heteroatoms. The van der Waals surface area contributed by atoms with Crippen LogP contribution in [0.15, 0.2) is 24.3 Å². The molecule has 1 atom stereocenters. The maximum absolute atomic E-state index is 12.0. The fraction of sp³-hybridized carbons (Fsp3) is 0.455. The van der Waals surface area contributed by atoms with E-state index in [4.69, 9.17) is 14.9 Å². The van der Waals surface area contributed by atoms with Gasteiger partial charge < -0.3 is 19.7 Å². The van der Waals surface area contributed by atoms with Gasteiger partial charge in [-0.05, 0) is 12.1 Å². The van der Waals surface area contributed by atoms with Gasteiger partial charge in [-0.25, -0.2) is 0 Å². The molecule has 2 N–H and O–H groups in total. The smallest absolute Gasteiger partial charge is 0.488 e. The first kappa shape index (κ1) is 14.6. The van der Waals surface area contributed by atoms with Gasteiger partial charge in [-0.2, -0.15) is 0 Å². The maximum atomic E-state index is 12.0. The van der Waals surface area contributed by atoms with Gasteiger partial charge in [0.05, 0.1) is 6.61 Å². The largest absolute Gasteiger partial charge is 0.573 e. The number of benzene rings is 1. The second-order valence-electron chi connectivity index (χ2n) is 3.46. The van der Waals surface area contributed by atoms with Crippen molar-refractivity contribution in [2.45, 2.75) is 18.9 Å². The summed E-state index contributed by atoms with van der Waals surface area (Å²) in [6.07, 6.45) is -5.25. The zero-order valence-corrected chi connectivity index (χ0v) is 9.35. The Morgan fingerprint density at radius 2 is 1.83 bits per heavy atom. The number of aliphatic hydroxyl groups excluding tert-OH is 2. The average Bonchev–Trinajstić information content (AvgIpc) is 2.26. The predicted molar refractivity (Wildman–Crippen MR) is 56.3 cm³/mol. The van der Waals surface area contributed by atoms with Crippen LogP contribution < -0.4 is 9.47 Å². The first-order valence-electron chi connectivity index (χ1n) is 5.19. The lowest BCUT2D eigenvalue weighted by Gasteiger charge is -2.16. The van der Waals surface area contributed by atoms with Crippen molar-refractivity contribution in [3.8, 4) is 11.5 Å². The van der Waals surface area contributed by atoms with E-state index in [-0.39, 0.29) is 25.4 Å². The van der Waals surface area contributed by atoms with E-state index in [1.165, 1.54) is 12.1 Å². The molecule has 1 rings (SSSR count). The first-order valence-corrected chi connectivity index (χ1v) is 5.19. The molecule has 0 spiro atoms. The molecule has 1 aromatic carbocycles. The van der Waals surface area contributed by atoms with Gasteiger partial charge in [0.2, 0.25) is 0 Å².